The van der Waals surface area contributed by atoms with E-state index in [4.69, 9.17) is 5.26 Å². The number of nitriles is 1. The van der Waals surface area contributed by atoms with Crippen molar-refractivity contribution in [1.29, 1.82) is 5.26 Å². The molecule has 0 aliphatic carbocycles. The number of nitrogens with zero attached hydrogens (tertiary/aromatic N) is 1. The second-order valence-corrected chi connectivity index (χ2v) is 3.47. The Kier molecular flexibility index (Phi) is 3.64. The van der Waals surface area contributed by atoms with E-state index in [-0.39, 0.29) is 11.7 Å². The monoisotopic (exact) mass is 191 g/mol. The summed E-state index contributed by atoms with van der Waals surface area (Å²) in [6, 6.07) is 7.20. The van der Waals surface area contributed by atoms with Crippen LogP contribution in [0.3, 0.4) is 0 Å². The number of rotatable bonds is 3. The topological polar surface area (TPSA) is 23.8 Å². The molecule has 14 heavy (non-hydrogen) atoms. The van der Waals surface area contributed by atoms with Crippen LogP contribution in [0.25, 0.3) is 0 Å². The van der Waals surface area contributed by atoms with Crippen molar-refractivity contribution in [2.24, 2.45) is 0 Å². The first-order chi connectivity index (χ1) is 6.69. The fourth-order valence-electron chi connectivity index (χ4n) is 1.44. The molecule has 0 fully saturated rings. The smallest absolute Gasteiger partial charge is 0.126 e. The average molecular weight is 191 g/mol. The molecule has 0 aliphatic rings. The van der Waals surface area contributed by atoms with Crippen LogP contribution in [0.5, 0.6) is 0 Å². The van der Waals surface area contributed by atoms with Gasteiger partial charge in [-0.25, -0.2) is 4.39 Å². The molecular formula is C12H14FN. The van der Waals surface area contributed by atoms with Gasteiger partial charge in [0.1, 0.15) is 5.82 Å². The van der Waals surface area contributed by atoms with Crippen molar-refractivity contribution >= 4 is 0 Å². The van der Waals surface area contributed by atoms with Gasteiger partial charge in [-0.15, -0.1) is 0 Å². The van der Waals surface area contributed by atoms with Crippen molar-refractivity contribution in [2.75, 3.05) is 0 Å². The summed E-state index contributed by atoms with van der Waals surface area (Å²) in [6.07, 6.45) is 1.26. The third kappa shape index (κ3) is 2.32. The molecule has 0 bridgehead atoms. The van der Waals surface area contributed by atoms with Crippen LogP contribution in [-0.2, 0) is 6.42 Å². The molecule has 1 aromatic carbocycles. The van der Waals surface area contributed by atoms with Crippen LogP contribution < -0.4 is 0 Å². The average Bonchev–Trinajstić information content (AvgIpc) is 2.19. The van der Waals surface area contributed by atoms with Crippen molar-refractivity contribution in [1.82, 2.24) is 0 Å². The second kappa shape index (κ2) is 4.76. The van der Waals surface area contributed by atoms with Gasteiger partial charge in [-0.3, -0.25) is 0 Å². The standard InChI is InChI=1S/C12H14FN/c1-3-10-4-5-12(13)11(8-10)9(2)6-7-14/h4-5,8-9H,3,6H2,1-2H3. The molecule has 1 aromatic rings. The minimum absolute atomic E-state index is 0.0218. The van der Waals surface area contributed by atoms with Crippen LogP contribution in [0.4, 0.5) is 4.39 Å². The lowest BCUT2D eigenvalue weighted by Crippen LogP contribution is -1.98. The van der Waals surface area contributed by atoms with Crippen LogP contribution >= 0.6 is 0 Å². The molecule has 0 aliphatic heterocycles. The molecule has 2 heteroatoms. The minimum atomic E-state index is -0.204. The first kappa shape index (κ1) is 10.7. The molecule has 0 spiro atoms. The molecule has 0 saturated heterocycles. The van der Waals surface area contributed by atoms with Gasteiger partial charge in [0.25, 0.3) is 0 Å². The Morgan fingerprint density at radius 2 is 2.21 bits per heavy atom. The molecule has 0 heterocycles. The summed E-state index contributed by atoms with van der Waals surface area (Å²) in [4.78, 5) is 0. The van der Waals surface area contributed by atoms with E-state index in [9.17, 15) is 4.39 Å². The number of benzene rings is 1. The van der Waals surface area contributed by atoms with Gasteiger partial charge < -0.3 is 0 Å². The molecule has 0 aromatic heterocycles. The van der Waals surface area contributed by atoms with E-state index in [2.05, 4.69) is 6.07 Å². The van der Waals surface area contributed by atoms with E-state index in [0.29, 0.717) is 12.0 Å². The predicted octanol–water partition coefficient (Wildman–Crippen LogP) is 3.41. The number of aryl methyl sites for hydroxylation is 1. The van der Waals surface area contributed by atoms with E-state index >= 15 is 0 Å². The van der Waals surface area contributed by atoms with Gasteiger partial charge in [0, 0.05) is 6.42 Å². The van der Waals surface area contributed by atoms with E-state index in [1.807, 2.05) is 19.9 Å². The number of hydrogen-bond acceptors (Lipinski definition) is 1. The Morgan fingerprint density at radius 3 is 2.79 bits per heavy atom. The predicted molar refractivity (Wildman–Crippen MR) is 54.4 cm³/mol. The van der Waals surface area contributed by atoms with Gasteiger partial charge >= 0.3 is 0 Å². The number of halogens is 1. The van der Waals surface area contributed by atoms with Crippen molar-refractivity contribution in [3.05, 3.63) is 35.1 Å². The molecule has 1 atom stereocenters. The van der Waals surface area contributed by atoms with E-state index in [1.165, 1.54) is 6.07 Å². The van der Waals surface area contributed by atoms with Crippen LogP contribution in [0.15, 0.2) is 18.2 Å². The van der Waals surface area contributed by atoms with Gasteiger partial charge in [0.05, 0.1) is 6.07 Å². The maximum absolute atomic E-state index is 13.4. The Balaban J connectivity index is 3.00. The first-order valence-corrected chi connectivity index (χ1v) is 4.84. The first-order valence-electron chi connectivity index (χ1n) is 4.84. The zero-order valence-corrected chi connectivity index (χ0v) is 8.55. The fraction of sp³-hybridized carbons (Fsp3) is 0.417. The van der Waals surface area contributed by atoms with Crippen LogP contribution in [-0.4, -0.2) is 0 Å². The number of hydrogen-bond donors (Lipinski definition) is 0. The zero-order valence-electron chi connectivity index (χ0n) is 8.55. The minimum Gasteiger partial charge on any atom is -0.207 e. The highest BCUT2D eigenvalue weighted by Gasteiger charge is 2.10. The Morgan fingerprint density at radius 1 is 1.50 bits per heavy atom. The van der Waals surface area contributed by atoms with E-state index in [0.717, 1.165) is 12.0 Å². The molecule has 1 unspecified atom stereocenters. The zero-order chi connectivity index (χ0) is 10.6. The van der Waals surface area contributed by atoms with Crippen LogP contribution in [0, 0.1) is 17.1 Å². The Labute approximate surface area is 84.2 Å². The van der Waals surface area contributed by atoms with Crippen molar-refractivity contribution in [3.8, 4) is 6.07 Å². The molecule has 1 rings (SSSR count). The second-order valence-electron chi connectivity index (χ2n) is 3.47. The highest BCUT2D eigenvalue weighted by molar-refractivity contribution is 5.28. The lowest BCUT2D eigenvalue weighted by molar-refractivity contribution is 0.590. The Hall–Kier alpha value is -1.36. The summed E-state index contributed by atoms with van der Waals surface area (Å²) in [5.74, 6) is -0.226. The summed E-state index contributed by atoms with van der Waals surface area (Å²) in [5.41, 5.74) is 1.78. The SMILES string of the molecule is CCc1ccc(F)c(C(C)CC#N)c1. The van der Waals surface area contributed by atoms with Gasteiger partial charge in [-0.1, -0.05) is 26.0 Å². The van der Waals surface area contributed by atoms with E-state index in [1.54, 1.807) is 6.07 Å². The Bertz CT molecular complexity index is 352. The van der Waals surface area contributed by atoms with Crippen molar-refractivity contribution in [3.63, 3.8) is 0 Å². The molecule has 0 radical (unpaired) electrons. The summed E-state index contributed by atoms with van der Waals surface area (Å²) < 4.78 is 13.4. The summed E-state index contributed by atoms with van der Waals surface area (Å²) in [6.45, 7) is 3.91. The maximum atomic E-state index is 13.4. The largest absolute Gasteiger partial charge is 0.207 e. The molecule has 1 nitrogen and oxygen atoms in total. The van der Waals surface area contributed by atoms with Crippen molar-refractivity contribution in [2.45, 2.75) is 32.6 Å². The summed E-state index contributed by atoms with van der Waals surface area (Å²) in [5, 5.41) is 8.54. The summed E-state index contributed by atoms with van der Waals surface area (Å²) in [7, 11) is 0. The molecule has 0 amide bonds. The van der Waals surface area contributed by atoms with E-state index < -0.39 is 0 Å². The molecule has 0 saturated carbocycles. The molecule has 0 N–H and O–H groups in total. The third-order valence-corrected chi connectivity index (χ3v) is 2.40. The molecular weight excluding hydrogens is 177 g/mol. The molecule has 74 valence electrons. The normalized spacial score (nSPS) is 12.1. The lowest BCUT2D eigenvalue weighted by Gasteiger charge is -2.10. The third-order valence-electron chi connectivity index (χ3n) is 2.40. The lowest BCUT2D eigenvalue weighted by atomic mass is 9.95. The summed E-state index contributed by atoms with van der Waals surface area (Å²) >= 11 is 0. The highest BCUT2D eigenvalue weighted by atomic mass is 19.1. The van der Waals surface area contributed by atoms with Gasteiger partial charge in [0.15, 0.2) is 0 Å². The van der Waals surface area contributed by atoms with Crippen LogP contribution in [0.1, 0.15) is 37.3 Å². The van der Waals surface area contributed by atoms with Crippen molar-refractivity contribution < 1.29 is 4.39 Å². The van der Waals surface area contributed by atoms with Gasteiger partial charge in [-0.05, 0) is 29.5 Å². The van der Waals surface area contributed by atoms with Gasteiger partial charge in [0.2, 0.25) is 0 Å². The maximum Gasteiger partial charge on any atom is 0.126 e. The fourth-order valence-corrected chi connectivity index (χ4v) is 1.44. The quantitative estimate of drug-likeness (QED) is 0.718. The van der Waals surface area contributed by atoms with Crippen LogP contribution in [0.2, 0.25) is 0 Å². The highest BCUT2D eigenvalue weighted by Crippen LogP contribution is 2.23. The van der Waals surface area contributed by atoms with Gasteiger partial charge in [-0.2, -0.15) is 5.26 Å².